The summed E-state index contributed by atoms with van der Waals surface area (Å²) in [6.45, 7) is 2.35. The normalized spacial score (nSPS) is 15.1. The molecule has 0 bridgehead atoms. The molecule has 0 amide bonds. The van der Waals surface area contributed by atoms with E-state index in [0.29, 0.717) is 0 Å². The first kappa shape index (κ1) is 21.7. The number of halogens is 6. The lowest BCUT2D eigenvalue weighted by atomic mass is 10.2. The van der Waals surface area contributed by atoms with Gasteiger partial charge in [-0.2, -0.15) is 26.3 Å². The predicted molar refractivity (Wildman–Crippen MR) is 57.7 cm³/mol. The van der Waals surface area contributed by atoms with Gasteiger partial charge in [-0.25, -0.2) is 9.59 Å². The molecule has 1 fully saturated rings. The first-order valence-electron chi connectivity index (χ1n) is 5.17. The summed E-state index contributed by atoms with van der Waals surface area (Å²) in [5, 5.41) is 17.5. The van der Waals surface area contributed by atoms with Crippen LogP contribution in [0.5, 0.6) is 0 Å². The van der Waals surface area contributed by atoms with Crippen LogP contribution >= 0.6 is 0 Å². The number of aliphatic carboxylic acids is 2. The average molecular weight is 328 g/mol. The molecule has 1 rings (SSSR count). The van der Waals surface area contributed by atoms with Crippen LogP contribution in [0.4, 0.5) is 26.3 Å². The fourth-order valence-electron chi connectivity index (χ4n) is 0.639. The van der Waals surface area contributed by atoms with E-state index in [-0.39, 0.29) is 0 Å². The molecule has 0 atom stereocenters. The predicted octanol–water partition coefficient (Wildman–Crippen LogP) is 0.786. The molecular weight excluding hydrogens is 314 g/mol. The molecule has 0 unspecified atom stereocenters. The molecule has 3 N–H and O–H groups in total. The van der Waals surface area contributed by atoms with E-state index < -0.39 is 24.3 Å². The SMILES string of the molecule is CN(C)C1CNC1.O=C(O)C(F)(F)F.O=C(O)C(F)(F)F. The third-order valence-electron chi connectivity index (χ3n) is 1.98. The second kappa shape index (κ2) is 8.67. The number of carbonyl (C=O) groups is 2. The smallest absolute Gasteiger partial charge is 0.475 e. The Morgan fingerprint density at radius 1 is 0.952 bits per heavy atom. The maximum absolute atomic E-state index is 10.6. The Morgan fingerprint density at radius 2 is 1.19 bits per heavy atom. The Balaban J connectivity index is 0. The standard InChI is InChI=1S/C5H12N2.2C2HF3O2/c1-7(2)5-3-6-4-5;2*3-2(4,5)1(6)7/h5-6H,3-4H2,1-2H3;2*(H,6,7). The van der Waals surface area contributed by atoms with Crippen molar-refractivity contribution < 1.29 is 46.1 Å². The Kier molecular flexibility index (Phi) is 8.97. The van der Waals surface area contributed by atoms with Crippen molar-refractivity contribution in [2.75, 3.05) is 27.2 Å². The number of hydrogen-bond acceptors (Lipinski definition) is 4. The van der Waals surface area contributed by atoms with Crippen molar-refractivity contribution in [3.05, 3.63) is 0 Å². The number of likely N-dealkylation sites (N-methyl/N-ethyl adjacent to an activating group) is 1. The Labute approximate surface area is 115 Å². The fraction of sp³-hybridized carbons (Fsp3) is 0.778. The van der Waals surface area contributed by atoms with Crippen molar-refractivity contribution in [3.63, 3.8) is 0 Å². The molecule has 0 aromatic carbocycles. The maximum atomic E-state index is 10.6. The Morgan fingerprint density at radius 3 is 1.19 bits per heavy atom. The summed E-state index contributed by atoms with van der Waals surface area (Å²) in [7, 11) is 4.23. The summed E-state index contributed by atoms with van der Waals surface area (Å²) >= 11 is 0. The third-order valence-corrected chi connectivity index (χ3v) is 1.98. The number of carboxylic acid groups (broad SMARTS) is 2. The third kappa shape index (κ3) is 11.9. The van der Waals surface area contributed by atoms with Gasteiger partial charge >= 0.3 is 24.3 Å². The first-order chi connectivity index (χ1) is 9.19. The minimum absolute atomic E-state index is 0.806. The van der Waals surface area contributed by atoms with E-state index in [1.807, 2.05) is 0 Å². The molecular formula is C9H14F6N2O4. The van der Waals surface area contributed by atoms with Crippen LogP contribution in [0.3, 0.4) is 0 Å². The molecule has 0 radical (unpaired) electrons. The topological polar surface area (TPSA) is 89.9 Å². The quantitative estimate of drug-likeness (QED) is 0.617. The lowest BCUT2D eigenvalue weighted by Gasteiger charge is -2.32. The molecule has 126 valence electrons. The highest BCUT2D eigenvalue weighted by atomic mass is 19.4. The van der Waals surface area contributed by atoms with Gasteiger partial charge in [-0.1, -0.05) is 0 Å². The molecule has 6 nitrogen and oxygen atoms in total. The van der Waals surface area contributed by atoms with E-state index >= 15 is 0 Å². The van der Waals surface area contributed by atoms with Crippen LogP contribution in [0.25, 0.3) is 0 Å². The lowest BCUT2D eigenvalue weighted by molar-refractivity contribution is -0.193. The van der Waals surface area contributed by atoms with E-state index in [1.165, 1.54) is 13.1 Å². The molecule has 1 aliphatic rings. The summed E-state index contributed by atoms with van der Waals surface area (Å²) in [6, 6.07) is 0.806. The highest BCUT2D eigenvalue weighted by molar-refractivity contribution is 5.73. The monoisotopic (exact) mass is 328 g/mol. The van der Waals surface area contributed by atoms with Gasteiger partial charge in [0.25, 0.3) is 0 Å². The number of hydrogen-bond donors (Lipinski definition) is 3. The van der Waals surface area contributed by atoms with Crippen molar-refractivity contribution in [2.24, 2.45) is 0 Å². The number of nitrogens with zero attached hydrogens (tertiary/aromatic N) is 1. The molecule has 1 heterocycles. The highest BCUT2D eigenvalue weighted by Gasteiger charge is 2.38. The van der Waals surface area contributed by atoms with Gasteiger partial charge in [0.05, 0.1) is 0 Å². The van der Waals surface area contributed by atoms with Crippen LogP contribution in [-0.2, 0) is 9.59 Å². The van der Waals surface area contributed by atoms with Crippen molar-refractivity contribution in [1.29, 1.82) is 0 Å². The summed E-state index contributed by atoms with van der Waals surface area (Å²) in [5.74, 6) is -5.51. The van der Waals surface area contributed by atoms with Gasteiger partial charge in [-0.05, 0) is 14.1 Å². The van der Waals surface area contributed by atoms with E-state index in [2.05, 4.69) is 24.3 Å². The second-order valence-corrected chi connectivity index (χ2v) is 3.88. The number of alkyl halides is 6. The summed E-state index contributed by atoms with van der Waals surface area (Å²) in [6.07, 6.45) is -10.2. The van der Waals surface area contributed by atoms with Crippen molar-refractivity contribution in [1.82, 2.24) is 10.2 Å². The van der Waals surface area contributed by atoms with Crippen LogP contribution in [0.2, 0.25) is 0 Å². The second-order valence-electron chi connectivity index (χ2n) is 3.88. The summed E-state index contributed by atoms with van der Waals surface area (Å²) < 4.78 is 63.5. The van der Waals surface area contributed by atoms with E-state index in [0.717, 1.165) is 6.04 Å². The molecule has 12 heteroatoms. The lowest BCUT2D eigenvalue weighted by Crippen LogP contribution is -2.54. The minimum atomic E-state index is -5.08. The minimum Gasteiger partial charge on any atom is -0.475 e. The first-order valence-corrected chi connectivity index (χ1v) is 5.17. The average Bonchev–Trinajstić information content (AvgIpc) is 2.11. The number of carboxylic acids is 2. The highest BCUT2D eigenvalue weighted by Crippen LogP contribution is 2.13. The molecule has 0 aromatic rings. The molecule has 1 saturated heterocycles. The number of rotatable bonds is 1. The van der Waals surface area contributed by atoms with Crippen LogP contribution in [-0.4, -0.2) is 72.6 Å². The Bertz CT molecular complexity index is 314. The van der Waals surface area contributed by atoms with E-state index in [1.54, 1.807) is 0 Å². The van der Waals surface area contributed by atoms with Crippen molar-refractivity contribution in [3.8, 4) is 0 Å². The molecule has 0 aromatic heterocycles. The molecule has 1 aliphatic heterocycles. The Hall–Kier alpha value is -1.56. The van der Waals surface area contributed by atoms with Gasteiger partial charge in [0.2, 0.25) is 0 Å². The van der Waals surface area contributed by atoms with Gasteiger partial charge < -0.3 is 20.4 Å². The van der Waals surface area contributed by atoms with Crippen LogP contribution < -0.4 is 5.32 Å². The summed E-state index contributed by atoms with van der Waals surface area (Å²) in [5.41, 5.74) is 0. The molecule has 0 spiro atoms. The van der Waals surface area contributed by atoms with Gasteiger partial charge in [-0.15, -0.1) is 0 Å². The van der Waals surface area contributed by atoms with Gasteiger partial charge in [0.1, 0.15) is 0 Å². The van der Waals surface area contributed by atoms with Crippen molar-refractivity contribution >= 4 is 11.9 Å². The van der Waals surface area contributed by atoms with Crippen molar-refractivity contribution in [2.45, 2.75) is 18.4 Å². The van der Waals surface area contributed by atoms with Crippen LogP contribution in [0.1, 0.15) is 0 Å². The van der Waals surface area contributed by atoms with Gasteiger partial charge in [0, 0.05) is 19.1 Å². The van der Waals surface area contributed by atoms with Crippen LogP contribution in [0, 0.1) is 0 Å². The zero-order chi connectivity index (χ0) is 17.4. The zero-order valence-corrected chi connectivity index (χ0v) is 10.9. The van der Waals surface area contributed by atoms with Gasteiger partial charge in [0.15, 0.2) is 0 Å². The molecule has 21 heavy (non-hydrogen) atoms. The summed E-state index contributed by atoms with van der Waals surface area (Å²) in [4.78, 5) is 20.0. The van der Waals surface area contributed by atoms with Crippen LogP contribution in [0.15, 0.2) is 0 Å². The maximum Gasteiger partial charge on any atom is 0.490 e. The van der Waals surface area contributed by atoms with E-state index in [9.17, 15) is 26.3 Å². The number of nitrogens with one attached hydrogen (secondary N) is 1. The zero-order valence-electron chi connectivity index (χ0n) is 10.9. The fourth-order valence-corrected chi connectivity index (χ4v) is 0.639. The largest absolute Gasteiger partial charge is 0.490 e. The molecule has 0 saturated carbocycles. The van der Waals surface area contributed by atoms with Gasteiger partial charge in [-0.3, -0.25) is 0 Å². The molecule has 0 aliphatic carbocycles. The van der Waals surface area contributed by atoms with E-state index in [4.69, 9.17) is 19.8 Å².